The first-order valence-electron chi connectivity index (χ1n) is 7.23. The van der Waals surface area contributed by atoms with Gasteiger partial charge >= 0.3 is 0 Å². The number of halogens is 1. The molecule has 1 aliphatic rings. The standard InChI is InChI=1S/C16H21FN2O2/c1-10(2)7-14-16(21)19(9-15(20)18-14)11(3)12-5-4-6-13(17)8-12/h4-6,8,10-11,14H,7,9H2,1-3H3,(H,18,20). The lowest BCUT2D eigenvalue weighted by atomic mass is 9.98. The van der Waals surface area contributed by atoms with Crippen LogP contribution in [0.2, 0.25) is 0 Å². The second-order valence-electron chi connectivity index (χ2n) is 5.95. The van der Waals surface area contributed by atoms with E-state index >= 15 is 0 Å². The Morgan fingerprint density at radius 1 is 1.33 bits per heavy atom. The van der Waals surface area contributed by atoms with E-state index in [2.05, 4.69) is 5.32 Å². The predicted molar refractivity (Wildman–Crippen MR) is 77.9 cm³/mol. The Morgan fingerprint density at radius 3 is 2.67 bits per heavy atom. The van der Waals surface area contributed by atoms with E-state index in [4.69, 9.17) is 0 Å². The van der Waals surface area contributed by atoms with Gasteiger partial charge in [-0.25, -0.2) is 4.39 Å². The van der Waals surface area contributed by atoms with E-state index in [1.165, 1.54) is 17.0 Å². The van der Waals surface area contributed by atoms with E-state index in [-0.39, 0.29) is 30.2 Å². The smallest absolute Gasteiger partial charge is 0.246 e. The second kappa shape index (κ2) is 6.24. The van der Waals surface area contributed by atoms with Gasteiger partial charge in [0, 0.05) is 0 Å². The van der Waals surface area contributed by atoms with Gasteiger partial charge in [-0.15, -0.1) is 0 Å². The first-order valence-corrected chi connectivity index (χ1v) is 7.23. The Hall–Kier alpha value is -1.91. The van der Waals surface area contributed by atoms with Gasteiger partial charge in [0.15, 0.2) is 0 Å². The minimum atomic E-state index is -0.484. The van der Waals surface area contributed by atoms with Crippen LogP contribution < -0.4 is 5.32 Å². The Bertz CT molecular complexity index is 545. The number of benzene rings is 1. The zero-order chi connectivity index (χ0) is 15.6. The highest BCUT2D eigenvalue weighted by molar-refractivity contribution is 5.95. The van der Waals surface area contributed by atoms with Gasteiger partial charge in [0.2, 0.25) is 11.8 Å². The summed E-state index contributed by atoms with van der Waals surface area (Å²) in [5.41, 5.74) is 0.696. The van der Waals surface area contributed by atoms with Gasteiger partial charge in [-0.3, -0.25) is 9.59 Å². The number of carbonyl (C=O) groups excluding carboxylic acids is 2. The lowest BCUT2D eigenvalue weighted by Gasteiger charge is -2.37. The molecule has 0 aromatic heterocycles. The summed E-state index contributed by atoms with van der Waals surface area (Å²) < 4.78 is 13.3. The van der Waals surface area contributed by atoms with E-state index < -0.39 is 6.04 Å². The van der Waals surface area contributed by atoms with Crippen molar-refractivity contribution in [3.05, 3.63) is 35.6 Å². The number of carbonyl (C=O) groups is 2. The van der Waals surface area contributed by atoms with Gasteiger partial charge in [0.1, 0.15) is 18.4 Å². The molecule has 2 atom stereocenters. The highest BCUT2D eigenvalue weighted by Crippen LogP contribution is 2.24. The maximum atomic E-state index is 13.3. The number of nitrogens with zero attached hydrogens (tertiary/aromatic N) is 1. The van der Waals surface area contributed by atoms with Crippen LogP contribution in [0.4, 0.5) is 4.39 Å². The van der Waals surface area contributed by atoms with Crippen molar-refractivity contribution in [2.75, 3.05) is 6.54 Å². The van der Waals surface area contributed by atoms with Crippen molar-refractivity contribution in [3.63, 3.8) is 0 Å². The third kappa shape index (κ3) is 3.60. The highest BCUT2D eigenvalue weighted by atomic mass is 19.1. The molecule has 114 valence electrons. The number of piperazine rings is 1. The second-order valence-corrected chi connectivity index (χ2v) is 5.95. The molecule has 0 bridgehead atoms. The van der Waals surface area contributed by atoms with Crippen LogP contribution in [0, 0.1) is 11.7 Å². The van der Waals surface area contributed by atoms with Crippen molar-refractivity contribution >= 4 is 11.8 Å². The van der Waals surface area contributed by atoms with E-state index in [0.29, 0.717) is 17.9 Å². The quantitative estimate of drug-likeness (QED) is 0.925. The third-order valence-corrected chi connectivity index (χ3v) is 3.74. The molecule has 1 aromatic rings. The van der Waals surface area contributed by atoms with Crippen LogP contribution in [0.1, 0.15) is 38.8 Å². The van der Waals surface area contributed by atoms with E-state index in [0.717, 1.165) is 0 Å². The first-order chi connectivity index (χ1) is 9.88. The number of amides is 2. The summed E-state index contributed by atoms with van der Waals surface area (Å²) in [5, 5.41) is 2.74. The van der Waals surface area contributed by atoms with Gasteiger partial charge in [-0.1, -0.05) is 26.0 Å². The van der Waals surface area contributed by atoms with Crippen LogP contribution >= 0.6 is 0 Å². The molecule has 0 radical (unpaired) electrons. The van der Waals surface area contributed by atoms with E-state index in [9.17, 15) is 14.0 Å². The number of nitrogens with one attached hydrogen (secondary N) is 1. The molecule has 4 nitrogen and oxygen atoms in total. The summed E-state index contributed by atoms with van der Waals surface area (Å²) in [6, 6.07) is 5.34. The maximum absolute atomic E-state index is 13.3. The summed E-state index contributed by atoms with van der Waals surface area (Å²) in [5.74, 6) is -0.292. The molecule has 1 aliphatic heterocycles. The molecule has 1 fully saturated rings. The van der Waals surface area contributed by atoms with Crippen LogP contribution in [0.15, 0.2) is 24.3 Å². The molecule has 1 N–H and O–H groups in total. The van der Waals surface area contributed by atoms with E-state index in [1.54, 1.807) is 12.1 Å². The Morgan fingerprint density at radius 2 is 2.05 bits per heavy atom. The first kappa shape index (κ1) is 15.5. The minimum Gasteiger partial charge on any atom is -0.343 e. The zero-order valence-electron chi connectivity index (χ0n) is 12.6. The topological polar surface area (TPSA) is 49.4 Å². The highest BCUT2D eigenvalue weighted by Gasteiger charge is 2.35. The summed E-state index contributed by atoms with van der Waals surface area (Å²) in [6.07, 6.45) is 0.608. The molecule has 0 aliphatic carbocycles. The van der Waals surface area contributed by atoms with Crippen LogP contribution in [-0.2, 0) is 9.59 Å². The lowest BCUT2D eigenvalue weighted by Crippen LogP contribution is -2.58. The Kier molecular flexibility index (Phi) is 4.60. The lowest BCUT2D eigenvalue weighted by molar-refractivity contribution is -0.146. The van der Waals surface area contributed by atoms with Gasteiger partial charge < -0.3 is 10.2 Å². The van der Waals surface area contributed by atoms with Crippen LogP contribution in [0.3, 0.4) is 0 Å². The summed E-state index contributed by atoms with van der Waals surface area (Å²) >= 11 is 0. The van der Waals surface area contributed by atoms with Gasteiger partial charge in [-0.2, -0.15) is 0 Å². The molecule has 1 saturated heterocycles. The van der Waals surface area contributed by atoms with Gasteiger partial charge in [0.25, 0.3) is 0 Å². The number of hydrogen-bond donors (Lipinski definition) is 1. The molecule has 21 heavy (non-hydrogen) atoms. The van der Waals surface area contributed by atoms with Crippen molar-refractivity contribution < 1.29 is 14.0 Å². The summed E-state index contributed by atoms with van der Waals surface area (Å²) in [4.78, 5) is 25.9. The van der Waals surface area contributed by atoms with Crippen molar-refractivity contribution in [3.8, 4) is 0 Å². The minimum absolute atomic E-state index is 0.0190. The summed E-state index contributed by atoms with van der Waals surface area (Å²) in [7, 11) is 0. The van der Waals surface area contributed by atoms with Gasteiger partial charge in [0.05, 0.1) is 6.04 Å². The molecule has 2 unspecified atom stereocenters. The molecule has 0 saturated carbocycles. The molecular formula is C16H21FN2O2. The molecule has 1 aromatic carbocycles. The molecule has 2 amide bonds. The fraction of sp³-hybridized carbons (Fsp3) is 0.500. The van der Waals surface area contributed by atoms with Crippen molar-refractivity contribution in [2.24, 2.45) is 5.92 Å². The molecular weight excluding hydrogens is 271 g/mol. The van der Waals surface area contributed by atoms with Crippen LogP contribution in [0.5, 0.6) is 0 Å². The Balaban J connectivity index is 2.20. The normalized spacial score (nSPS) is 20.6. The number of rotatable bonds is 4. The molecule has 1 heterocycles. The molecule has 2 rings (SSSR count). The molecule has 5 heteroatoms. The van der Waals surface area contributed by atoms with Gasteiger partial charge in [-0.05, 0) is 37.0 Å². The predicted octanol–water partition coefficient (Wildman–Crippen LogP) is 2.26. The molecule has 0 spiro atoms. The summed E-state index contributed by atoms with van der Waals surface area (Å²) in [6.45, 7) is 5.85. The maximum Gasteiger partial charge on any atom is 0.246 e. The average Bonchev–Trinajstić information content (AvgIpc) is 2.41. The Labute approximate surface area is 124 Å². The largest absolute Gasteiger partial charge is 0.343 e. The monoisotopic (exact) mass is 292 g/mol. The fourth-order valence-electron chi connectivity index (χ4n) is 2.64. The average molecular weight is 292 g/mol. The van der Waals surface area contributed by atoms with Crippen LogP contribution in [0.25, 0.3) is 0 Å². The zero-order valence-corrected chi connectivity index (χ0v) is 12.6. The fourth-order valence-corrected chi connectivity index (χ4v) is 2.64. The van der Waals surface area contributed by atoms with Crippen molar-refractivity contribution in [2.45, 2.75) is 39.3 Å². The van der Waals surface area contributed by atoms with Crippen molar-refractivity contribution in [1.29, 1.82) is 0 Å². The van der Waals surface area contributed by atoms with Crippen molar-refractivity contribution in [1.82, 2.24) is 10.2 Å². The number of hydrogen-bond acceptors (Lipinski definition) is 2. The third-order valence-electron chi connectivity index (χ3n) is 3.74. The van der Waals surface area contributed by atoms with E-state index in [1.807, 2.05) is 20.8 Å². The van der Waals surface area contributed by atoms with Crippen LogP contribution in [-0.4, -0.2) is 29.3 Å². The SMILES string of the molecule is CC(C)CC1NC(=O)CN(C(C)c2cccc(F)c2)C1=O.